The number of aromatic hydroxyl groups is 1. The molecule has 0 radical (unpaired) electrons. The fraction of sp³-hybridized carbons (Fsp3) is 0.118. The van der Waals surface area contributed by atoms with Gasteiger partial charge in [0.15, 0.2) is 0 Å². The quantitative estimate of drug-likeness (QED) is 0.707. The van der Waals surface area contributed by atoms with Crippen molar-refractivity contribution < 1.29 is 14.4 Å². The third-order valence-electron chi connectivity index (χ3n) is 3.40. The number of benzene rings is 2. The van der Waals surface area contributed by atoms with Crippen LogP contribution in [0.25, 0.3) is 11.4 Å². The molecule has 1 amide bonds. The third kappa shape index (κ3) is 4.29. The van der Waals surface area contributed by atoms with Gasteiger partial charge in [0.1, 0.15) is 5.75 Å². The summed E-state index contributed by atoms with van der Waals surface area (Å²) in [6.07, 6.45) is 0.355. The maximum atomic E-state index is 12.1. The monoisotopic (exact) mass is 377 g/mol. The second kappa shape index (κ2) is 7.55. The van der Waals surface area contributed by atoms with E-state index in [0.717, 1.165) is 5.56 Å². The first-order chi connectivity index (χ1) is 12.0. The molecule has 6 nitrogen and oxygen atoms in total. The van der Waals surface area contributed by atoms with Crippen LogP contribution >= 0.6 is 23.2 Å². The summed E-state index contributed by atoms with van der Waals surface area (Å²) in [6.45, 7) is 0.271. The highest BCUT2D eigenvalue weighted by atomic mass is 35.5. The highest BCUT2D eigenvalue weighted by molar-refractivity contribution is 6.31. The van der Waals surface area contributed by atoms with Gasteiger partial charge in [0.25, 0.3) is 5.91 Å². The number of phenols is 1. The van der Waals surface area contributed by atoms with Crippen LogP contribution in [0.2, 0.25) is 10.0 Å². The second-order valence-corrected chi connectivity index (χ2v) is 6.06. The van der Waals surface area contributed by atoms with E-state index in [2.05, 4.69) is 15.5 Å². The molecule has 0 bridgehead atoms. The molecular weight excluding hydrogens is 365 g/mol. The highest BCUT2D eigenvalue weighted by Crippen LogP contribution is 2.21. The van der Waals surface area contributed by atoms with Crippen LogP contribution in [-0.2, 0) is 6.42 Å². The normalized spacial score (nSPS) is 10.6. The van der Waals surface area contributed by atoms with E-state index < -0.39 is 5.91 Å². The predicted molar refractivity (Wildman–Crippen MR) is 93.9 cm³/mol. The van der Waals surface area contributed by atoms with Gasteiger partial charge >= 0.3 is 0 Å². The van der Waals surface area contributed by atoms with Gasteiger partial charge in [-0.3, -0.25) is 4.79 Å². The van der Waals surface area contributed by atoms with E-state index in [4.69, 9.17) is 27.7 Å². The first-order valence-electron chi connectivity index (χ1n) is 7.38. The van der Waals surface area contributed by atoms with Crippen LogP contribution in [-0.4, -0.2) is 27.7 Å². The number of nitrogens with one attached hydrogen (secondary N) is 1. The van der Waals surface area contributed by atoms with Crippen molar-refractivity contribution in [3.63, 3.8) is 0 Å². The Morgan fingerprint density at radius 1 is 1.12 bits per heavy atom. The Morgan fingerprint density at radius 2 is 1.84 bits per heavy atom. The van der Waals surface area contributed by atoms with E-state index in [1.807, 2.05) is 0 Å². The predicted octanol–water partition coefficient (Wildman–Crippen LogP) is 3.72. The minimum absolute atomic E-state index is 0.111. The summed E-state index contributed by atoms with van der Waals surface area (Å²) in [5.74, 6) is 0.271. The molecule has 0 fully saturated rings. The van der Waals surface area contributed by atoms with E-state index in [1.54, 1.807) is 24.3 Å². The zero-order valence-corrected chi connectivity index (χ0v) is 14.4. The van der Waals surface area contributed by atoms with Crippen LogP contribution in [0.4, 0.5) is 0 Å². The number of phenolic OH excluding ortho intramolecular Hbond substituents is 1. The summed E-state index contributed by atoms with van der Waals surface area (Å²) in [6, 6.07) is 11.3. The van der Waals surface area contributed by atoms with Crippen molar-refractivity contribution in [1.29, 1.82) is 0 Å². The molecule has 2 N–H and O–H groups in total. The Balaban J connectivity index is 1.58. The molecule has 0 atom stereocenters. The maximum absolute atomic E-state index is 12.1. The molecule has 2 aromatic carbocycles. The van der Waals surface area contributed by atoms with Crippen LogP contribution in [0.15, 0.2) is 47.0 Å². The van der Waals surface area contributed by atoms with Crippen molar-refractivity contribution in [2.24, 2.45) is 0 Å². The van der Waals surface area contributed by atoms with Crippen LogP contribution in [0.5, 0.6) is 5.75 Å². The number of amides is 1. The zero-order chi connectivity index (χ0) is 17.8. The number of aromatic nitrogens is 2. The third-order valence-corrected chi connectivity index (χ3v) is 3.89. The average Bonchev–Trinajstić information content (AvgIpc) is 3.06. The van der Waals surface area contributed by atoms with Crippen molar-refractivity contribution in [2.75, 3.05) is 6.54 Å². The largest absolute Gasteiger partial charge is 0.507 e. The molecule has 0 unspecified atom stereocenters. The maximum Gasteiger partial charge on any atom is 0.255 e. The van der Waals surface area contributed by atoms with Crippen molar-refractivity contribution in [1.82, 2.24) is 15.5 Å². The molecule has 0 spiro atoms. The number of carbonyl (C=O) groups is 1. The summed E-state index contributed by atoms with van der Waals surface area (Å²) in [4.78, 5) is 16.3. The molecule has 1 aromatic heterocycles. The first kappa shape index (κ1) is 17.3. The first-order valence-corrected chi connectivity index (χ1v) is 8.14. The minimum Gasteiger partial charge on any atom is -0.507 e. The lowest BCUT2D eigenvalue weighted by Crippen LogP contribution is -2.25. The lowest BCUT2D eigenvalue weighted by Gasteiger charge is -2.05. The van der Waals surface area contributed by atoms with Gasteiger partial charge in [-0.2, -0.15) is 4.98 Å². The molecule has 8 heteroatoms. The number of rotatable bonds is 5. The minimum atomic E-state index is -0.433. The van der Waals surface area contributed by atoms with Gasteiger partial charge in [-0.25, -0.2) is 0 Å². The number of hydrogen-bond donors (Lipinski definition) is 2. The second-order valence-electron chi connectivity index (χ2n) is 5.19. The van der Waals surface area contributed by atoms with Crippen LogP contribution in [0.3, 0.4) is 0 Å². The van der Waals surface area contributed by atoms with E-state index in [-0.39, 0.29) is 17.9 Å². The van der Waals surface area contributed by atoms with E-state index in [1.165, 1.54) is 18.2 Å². The molecule has 25 heavy (non-hydrogen) atoms. The standard InChI is InChI=1S/C17H13Cl2N3O3/c18-11-3-1-10(2-4-11)16-21-15(25-22-16)7-8-20-17(24)13-9-12(19)5-6-14(13)23/h1-6,9,23H,7-8H2,(H,20,24). The van der Waals surface area contributed by atoms with Crippen molar-refractivity contribution in [2.45, 2.75) is 6.42 Å². The van der Waals surface area contributed by atoms with E-state index >= 15 is 0 Å². The van der Waals surface area contributed by atoms with Gasteiger partial charge in [-0.1, -0.05) is 28.4 Å². The number of hydrogen-bond acceptors (Lipinski definition) is 5. The SMILES string of the molecule is O=C(NCCc1nc(-c2ccc(Cl)cc2)no1)c1cc(Cl)ccc1O. The Labute approximate surface area is 153 Å². The molecular formula is C17H13Cl2N3O3. The summed E-state index contributed by atoms with van der Waals surface area (Å²) in [7, 11) is 0. The Kier molecular flexibility index (Phi) is 5.21. The smallest absolute Gasteiger partial charge is 0.255 e. The van der Waals surface area contributed by atoms with Gasteiger partial charge in [0.2, 0.25) is 11.7 Å². The van der Waals surface area contributed by atoms with Crippen LogP contribution in [0.1, 0.15) is 16.2 Å². The fourth-order valence-corrected chi connectivity index (χ4v) is 2.44. The van der Waals surface area contributed by atoms with Crippen LogP contribution < -0.4 is 5.32 Å². The summed E-state index contributed by atoms with van der Waals surface area (Å²) < 4.78 is 5.16. The van der Waals surface area contributed by atoms with Crippen molar-refractivity contribution in [3.8, 4) is 17.1 Å². The zero-order valence-electron chi connectivity index (χ0n) is 12.9. The summed E-state index contributed by atoms with van der Waals surface area (Å²) >= 11 is 11.7. The number of carbonyl (C=O) groups excluding carboxylic acids is 1. The van der Waals surface area contributed by atoms with Crippen molar-refractivity contribution >= 4 is 29.1 Å². The summed E-state index contributed by atoms with van der Waals surface area (Å²) in [5.41, 5.74) is 0.896. The van der Waals surface area contributed by atoms with Crippen LogP contribution in [0, 0.1) is 0 Å². The molecule has 3 rings (SSSR count). The topological polar surface area (TPSA) is 88.3 Å². The molecule has 0 aliphatic heterocycles. The van der Waals surface area contributed by atoms with E-state index in [0.29, 0.717) is 28.2 Å². The van der Waals surface area contributed by atoms with Gasteiger partial charge in [0, 0.05) is 28.6 Å². The molecule has 128 valence electrons. The molecule has 0 aliphatic rings. The Hall–Kier alpha value is -2.57. The number of nitrogens with zero attached hydrogens (tertiary/aromatic N) is 2. The Morgan fingerprint density at radius 3 is 2.60 bits per heavy atom. The molecule has 3 aromatic rings. The van der Waals surface area contributed by atoms with Gasteiger partial charge in [-0.05, 0) is 42.5 Å². The summed E-state index contributed by atoms with van der Waals surface area (Å²) in [5, 5.41) is 17.3. The molecule has 0 aliphatic carbocycles. The van der Waals surface area contributed by atoms with Gasteiger partial charge < -0.3 is 14.9 Å². The molecule has 1 heterocycles. The van der Waals surface area contributed by atoms with E-state index in [9.17, 15) is 9.90 Å². The lowest BCUT2D eigenvalue weighted by molar-refractivity contribution is 0.0951. The van der Waals surface area contributed by atoms with Gasteiger partial charge in [0.05, 0.1) is 5.56 Å². The average molecular weight is 378 g/mol. The van der Waals surface area contributed by atoms with Gasteiger partial charge in [-0.15, -0.1) is 0 Å². The highest BCUT2D eigenvalue weighted by Gasteiger charge is 2.13. The lowest BCUT2D eigenvalue weighted by atomic mass is 10.2. The Bertz CT molecular complexity index is 894. The molecule has 0 saturated carbocycles. The molecule has 0 saturated heterocycles. The number of halogens is 2. The fourth-order valence-electron chi connectivity index (χ4n) is 2.14. The van der Waals surface area contributed by atoms with Crippen molar-refractivity contribution in [3.05, 3.63) is 64.0 Å².